The molecular formula is C15H27N3O2. The van der Waals surface area contributed by atoms with Gasteiger partial charge in [0, 0.05) is 26.1 Å². The zero-order chi connectivity index (χ0) is 14.2. The maximum atomic E-state index is 5.66. The topological polar surface area (TPSA) is 74.2 Å². The normalized spacial score (nSPS) is 20.4. The number of ether oxygens (including phenoxy) is 1. The van der Waals surface area contributed by atoms with Crippen molar-refractivity contribution in [1.29, 1.82) is 0 Å². The zero-order valence-electron chi connectivity index (χ0n) is 12.5. The molecule has 2 atom stereocenters. The summed E-state index contributed by atoms with van der Waals surface area (Å²) in [4.78, 5) is 4.50. The van der Waals surface area contributed by atoms with E-state index in [9.17, 15) is 0 Å². The van der Waals surface area contributed by atoms with Gasteiger partial charge in [0.15, 0.2) is 5.82 Å². The lowest BCUT2D eigenvalue weighted by Crippen LogP contribution is -2.10. The van der Waals surface area contributed by atoms with Crippen molar-refractivity contribution < 1.29 is 9.26 Å². The monoisotopic (exact) mass is 281 g/mol. The van der Waals surface area contributed by atoms with Crippen LogP contribution in [0.5, 0.6) is 0 Å². The minimum atomic E-state index is 0.561. The van der Waals surface area contributed by atoms with Crippen LogP contribution >= 0.6 is 0 Å². The Kier molecular flexibility index (Phi) is 6.47. The molecule has 2 heterocycles. The Morgan fingerprint density at radius 2 is 2.25 bits per heavy atom. The molecule has 0 aromatic carbocycles. The van der Waals surface area contributed by atoms with E-state index in [1.165, 1.54) is 12.8 Å². The van der Waals surface area contributed by atoms with Crippen LogP contribution in [-0.4, -0.2) is 29.9 Å². The second kappa shape index (κ2) is 8.37. The van der Waals surface area contributed by atoms with Gasteiger partial charge >= 0.3 is 0 Å². The lowest BCUT2D eigenvalue weighted by atomic mass is 9.94. The highest BCUT2D eigenvalue weighted by molar-refractivity contribution is 4.89. The second-order valence-corrected chi connectivity index (χ2v) is 5.81. The van der Waals surface area contributed by atoms with E-state index in [0.717, 1.165) is 63.6 Å². The van der Waals surface area contributed by atoms with Gasteiger partial charge in [-0.05, 0) is 37.6 Å². The summed E-state index contributed by atoms with van der Waals surface area (Å²) >= 11 is 0. The van der Waals surface area contributed by atoms with Crippen molar-refractivity contribution >= 4 is 0 Å². The maximum Gasteiger partial charge on any atom is 0.226 e. The molecule has 0 aliphatic carbocycles. The molecule has 2 N–H and O–H groups in total. The molecule has 1 aromatic rings. The molecule has 114 valence electrons. The summed E-state index contributed by atoms with van der Waals surface area (Å²) in [7, 11) is 0. The Bertz CT molecular complexity index is 369. The summed E-state index contributed by atoms with van der Waals surface area (Å²) in [6, 6.07) is 0. The van der Waals surface area contributed by atoms with E-state index in [4.69, 9.17) is 15.0 Å². The standard InChI is InChI=1S/C15H27N3O2/c1-2-3-12(6-8-16)4-5-15-17-14(18-20-15)10-13-7-9-19-11-13/h12-13H,2-11,16H2,1H3. The first kappa shape index (κ1) is 15.4. The van der Waals surface area contributed by atoms with Crippen molar-refractivity contribution in [2.45, 2.75) is 51.9 Å². The van der Waals surface area contributed by atoms with Crippen molar-refractivity contribution in [3.63, 3.8) is 0 Å². The third-order valence-electron chi connectivity index (χ3n) is 4.04. The number of aryl methyl sites for hydroxylation is 1. The zero-order valence-corrected chi connectivity index (χ0v) is 12.5. The predicted octanol–water partition coefficient (Wildman–Crippen LogP) is 2.35. The van der Waals surface area contributed by atoms with E-state index in [0.29, 0.717) is 11.8 Å². The van der Waals surface area contributed by atoms with Gasteiger partial charge in [-0.25, -0.2) is 0 Å². The summed E-state index contributed by atoms with van der Waals surface area (Å²) in [6.45, 7) is 4.69. The van der Waals surface area contributed by atoms with Crippen molar-refractivity contribution in [3.05, 3.63) is 11.7 Å². The van der Waals surface area contributed by atoms with Crippen molar-refractivity contribution in [2.75, 3.05) is 19.8 Å². The van der Waals surface area contributed by atoms with Gasteiger partial charge in [-0.1, -0.05) is 24.9 Å². The molecular weight excluding hydrogens is 254 g/mol. The van der Waals surface area contributed by atoms with E-state index >= 15 is 0 Å². The maximum absolute atomic E-state index is 5.66. The van der Waals surface area contributed by atoms with E-state index in [-0.39, 0.29) is 0 Å². The van der Waals surface area contributed by atoms with Crippen LogP contribution in [0.2, 0.25) is 0 Å². The van der Waals surface area contributed by atoms with Gasteiger partial charge in [0.05, 0.1) is 0 Å². The fourth-order valence-corrected chi connectivity index (χ4v) is 2.88. The number of nitrogens with two attached hydrogens (primary N) is 1. The number of hydrogen-bond acceptors (Lipinski definition) is 5. The van der Waals surface area contributed by atoms with E-state index in [1.807, 2.05) is 0 Å². The SMILES string of the molecule is CCCC(CCN)CCc1nc(CC2CCOC2)no1. The number of aromatic nitrogens is 2. The highest BCUT2D eigenvalue weighted by atomic mass is 16.5. The molecule has 1 aromatic heterocycles. The first-order valence-corrected chi connectivity index (χ1v) is 7.91. The van der Waals surface area contributed by atoms with E-state index in [1.54, 1.807) is 0 Å². The highest BCUT2D eigenvalue weighted by Crippen LogP contribution is 2.19. The molecule has 0 spiro atoms. The first-order valence-electron chi connectivity index (χ1n) is 7.91. The summed E-state index contributed by atoms with van der Waals surface area (Å²) in [5.74, 6) is 2.85. The van der Waals surface area contributed by atoms with Crippen LogP contribution in [0.3, 0.4) is 0 Å². The third kappa shape index (κ3) is 4.87. The van der Waals surface area contributed by atoms with Crippen LogP contribution in [0.4, 0.5) is 0 Å². The smallest absolute Gasteiger partial charge is 0.226 e. The molecule has 1 aliphatic heterocycles. The highest BCUT2D eigenvalue weighted by Gasteiger charge is 2.19. The van der Waals surface area contributed by atoms with Crippen LogP contribution in [-0.2, 0) is 17.6 Å². The van der Waals surface area contributed by atoms with Gasteiger partial charge in [-0.2, -0.15) is 4.98 Å². The predicted molar refractivity (Wildman–Crippen MR) is 77.3 cm³/mol. The number of hydrogen-bond donors (Lipinski definition) is 1. The largest absolute Gasteiger partial charge is 0.381 e. The molecule has 5 heteroatoms. The Balaban J connectivity index is 1.76. The minimum Gasteiger partial charge on any atom is -0.381 e. The Hall–Kier alpha value is -0.940. The van der Waals surface area contributed by atoms with Crippen LogP contribution in [0, 0.1) is 11.8 Å². The van der Waals surface area contributed by atoms with Crippen LogP contribution in [0.15, 0.2) is 4.52 Å². The van der Waals surface area contributed by atoms with Crippen molar-refractivity contribution in [2.24, 2.45) is 17.6 Å². The fourth-order valence-electron chi connectivity index (χ4n) is 2.88. The summed E-state index contributed by atoms with van der Waals surface area (Å²) in [5.41, 5.74) is 5.66. The van der Waals surface area contributed by atoms with Gasteiger partial charge in [0.2, 0.25) is 5.89 Å². The summed E-state index contributed by atoms with van der Waals surface area (Å²) in [6.07, 6.45) is 7.50. The van der Waals surface area contributed by atoms with Gasteiger partial charge in [0.25, 0.3) is 0 Å². The van der Waals surface area contributed by atoms with Gasteiger partial charge in [-0.15, -0.1) is 0 Å². The molecule has 20 heavy (non-hydrogen) atoms. The molecule has 2 rings (SSSR count). The van der Waals surface area contributed by atoms with Crippen LogP contribution < -0.4 is 5.73 Å². The molecule has 2 unspecified atom stereocenters. The fraction of sp³-hybridized carbons (Fsp3) is 0.867. The number of rotatable bonds is 9. The Labute approximate surface area is 121 Å². The molecule has 1 saturated heterocycles. The molecule has 5 nitrogen and oxygen atoms in total. The van der Waals surface area contributed by atoms with Crippen LogP contribution in [0.1, 0.15) is 50.7 Å². The third-order valence-corrected chi connectivity index (χ3v) is 4.04. The summed E-state index contributed by atoms with van der Waals surface area (Å²) < 4.78 is 10.7. The summed E-state index contributed by atoms with van der Waals surface area (Å²) in [5, 5.41) is 4.08. The van der Waals surface area contributed by atoms with Gasteiger partial charge in [-0.3, -0.25) is 0 Å². The molecule has 0 amide bonds. The molecule has 1 aliphatic rings. The van der Waals surface area contributed by atoms with Gasteiger partial charge < -0.3 is 15.0 Å². The van der Waals surface area contributed by atoms with E-state index < -0.39 is 0 Å². The van der Waals surface area contributed by atoms with Crippen molar-refractivity contribution in [1.82, 2.24) is 10.1 Å². The Morgan fingerprint density at radius 1 is 1.35 bits per heavy atom. The lowest BCUT2D eigenvalue weighted by molar-refractivity contribution is 0.185. The second-order valence-electron chi connectivity index (χ2n) is 5.81. The molecule has 0 saturated carbocycles. The average Bonchev–Trinajstić information content (AvgIpc) is 3.09. The van der Waals surface area contributed by atoms with Gasteiger partial charge in [0.1, 0.15) is 0 Å². The molecule has 1 fully saturated rings. The van der Waals surface area contributed by atoms with Crippen molar-refractivity contribution in [3.8, 4) is 0 Å². The Morgan fingerprint density at radius 3 is 2.95 bits per heavy atom. The number of nitrogens with zero attached hydrogens (tertiary/aromatic N) is 2. The minimum absolute atomic E-state index is 0.561. The lowest BCUT2D eigenvalue weighted by Gasteiger charge is -2.13. The molecule has 0 bridgehead atoms. The average molecular weight is 281 g/mol. The quantitative estimate of drug-likeness (QED) is 0.752. The van der Waals surface area contributed by atoms with Crippen LogP contribution in [0.25, 0.3) is 0 Å². The first-order chi connectivity index (χ1) is 9.81. The van der Waals surface area contributed by atoms with E-state index in [2.05, 4.69) is 17.1 Å². The molecule has 0 radical (unpaired) electrons.